The third-order valence-corrected chi connectivity index (χ3v) is 4.54. The zero-order chi connectivity index (χ0) is 14.7. The van der Waals surface area contributed by atoms with Crippen LogP contribution in [0.15, 0.2) is 30.5 Å². The molecule has 0 bridgehead atoms. The molecule has 0 unspecified atom stereocenters. The number of hydrogen-bond acceptors (Lipinski definition) is 4. The topological polar surface area (TPSA) is 54.0 Å². The molecular formula is C15H16FN3OS. The maximum atomic E-state index is 13.7. The smallest absolute Gasteiger partial charge is 0.263 e. The first-order valence-electron chi connectivity index (χ1n) is 6.96. The SMILES string of the molecule is O=C(NC1CCNCC1)c1cnc(-c2ccccc2F)s1. The van der Waals surface area contributed by atoms with Gasteiger partial charge >= 0.3 is 0 Å². The van der Waals surface area contributed by atoms with Crippen molar-refractivity contribution < 1.29 is 9.18 Å². The van der Waals surface area contributed by atoms with Crippen LogP contribution >= 0.6 is 11.3 Å². The van der Waals surface area contributed by atoms with Gasteiger partial charge in [0.25, 0.3) is 5.91 Å². The van der Waals surface area contributed by atoms with Crippen molar-refractivity contribution in [1.29, 1.82) is 0 Å². The monoisotopic (exact) mass is 305 g/mol. The molecule has 2 N–H and O–H groups in total. The van der Waals surface area contributed by atoms with Crippen molar-refractivity contribution in [2.75, 3.05) is 13.1 Å². The van der Waals surface area contributed by atoms with E-state index in [0.717, 1.165) is 25.9 Å². The van der Waals surface area contributed by atoms with Crippen LogP contribution in [-0.4, -0.2) is 30.0 Å². The molecule has 0 aliphatic carbocycles. The number of nitrogens with zero attached hydrogens (tertiary/aromatic N) is 1. The zero-order valence-corrected chi connectivity index (χ0v) is 12.3. The van der Waals surface area contributed by atoms with Gasteiger partial charge in [-0.15, -0.1) is 11.3 Å². The highest BCUT2D eigenvalue weighted by atomic mass is 32.1. The molecule has 6 heteroatoms. The first-order chi connectivity index (χ1) is 10.2. The van der Waals surface area contributed by atoms with Crippen LogP contribution < -0.4 is 10.6 Å². The Labute approximate surface area is 126 Å². The van der Waals surface area contributed by atoms with Crippen molar-refractivity contribution in [3.8, 4) is 10.6 Å². The maximum absolute atomic E-state index is 13.7. The van der Waals surface area contributed by atoms with Crippen molar-refractivity contribution >= 4 is 17.2 Å². The Morgan fingerprint density at radius 1 is 1.33 bits per heavy atom. The Bertz CT molecular complexity index is 637. The van der Waals surface area contributed by atoms with Crippen LogP contribution in [0.2, 0.25) is 0 Å². The number of piperidine rings is 1. The average Bonchev–Trinajstić information content (AvgIpc) is 2.98. The fourth-order valence-corrected chi connectivity index (χ4v) is 3.21. The van der Waals surface area contributed by atoms with E-state index in [-0.39, 0.29) is 17.8 Å². The number of benzene rings is 1. The van der Waals surface area contributed by atoms with Gasteiger partial charge in [-0.25, -0.2) is 9.37 Å². The highest BCUT2D eigenvalue weighted by molar-refractivity contribution is 7.16. The summed E-state index contributed by atoms with van der Waals surface area (Å²) < 4.78 is 13.7. The molecule has 1 aliphatic rings. The Morgan fingerprint density at radius 3 is 2.86 bits per heavy atom. The number of carbonyl (C=O) groups is 1. The Hall–Kier alpha value is -1.79. The fraction of sp³-hybridized carbons (Fsp3) is 0.333. The van der Waals surface area contributed by atoms with E-state index in [1.165, 1.54) is 23.6 Å². The molecule has 3 rings (SSSR count). The lowest BCUT2D eigenvalue weighted by molar-refractivity contribution is 0.0933. The second kappa shape index (κ2) is 6.32. The van der Waals surface area contributed by atoms with Gasteiger partial charge in [0.1, 0.15) is 15.7 Å². The third-order valence-electron chi connectivity index (χ3n) is 3.51. The summed E-state index contributed by atoms with van der Waals surface area (Å²) >= 11 is 1.22. The van der Waals surface area contributed by atoms with Crippen LogP contribution in [0.1, 0.15) is 22.5 Å². The number of hydrogen-bond donors (Lipinski definition) is 2. The highest BCUT2D eigenvalue weighted by Gasteiger charge is 2.19. The van der Waals surface area contributed by atoms with Gasteiger partial charge in [-0.3, -0.25) is 4.79 Å². The van der Waals surface area contributed by atoms with Gasteiger partial charge in [0.05, 0.1) is 6.20 Å². The number of amides is 1. The van der Waals surface area contributed by atoms with Crippen LogP contribution in [0.5, 0.6) is 0 Å². The summed E-state index contributed by atoms with van der Waals surface area (Å²) in [6, 6.07) is 6.66. The molecule has 1 amide bonds. The lowest BCUT2D eigenvalue weighted by Crippen LogP contribution is -2.42. The fourth-order valence-electron chi connectivity index (χ4n) is 2.36. The van der Waals surface area contributed by atoms with Crippen molar-refractivity contribution in [2.24, 2.45) is 0 Å². The predicted octanol–water partition coefficient (Wildman–Crippen LogP) is 2.43. The van der Waals surface area contributed by atoms with Crippen LogP contribution in [0, 0.1) is 5.82 Å². The van der Waals surface area contributed by atoms with Gasteiger partial charge in [-0.1, -0.05) is 12.1 Å². The van der Waals surface area contributed by atoms with Gasteiger partial charge in [0.15, 0.2) is 0 Å². The Morgan fingerprint density at radius 2 is 2.10 bits per heavy atom. The maximum Gasteiger partial charge on any atom is 0.263 e. The van der Waals surface area contributed by atoms with Crippen LogP contribution in [0.3, 0.4) is 0 Å². The Kier molecular flexibility index (Phi) is 4.26. The van der Waals surface area contributed by atoms with E-state index in [1.54, 1.807) is 18.2 Å². The van der Waals surface area contributed by atoms with Crippen LogP contribution in [0.25, 0.3) is 10.6 Å². The van der Waals surface area contributed by atoms with E-state index < -0.39 is 0 Å². The van der Waals surface area contributed by atoms with Crippen molar-refractivity contribution in [3.63, 3.8) is 0 Å². The number of aromatic nitrogens is 1. The van der Waals surface area contributed by atoms with Crippen LogP contribution in [-0.2, 0) is 0 Å². The number of halogens is 1. The molecule has 0 saturated carbocycles. The highest BCUT2D eigenvalue weighted by Crippen LogP contribution is 2.27. The van der Waals surface area contributed by atoms with Gasteiger partial charge < -0.3 is 10.6 Å². The molecule has 0 spiro atoms. The molecule has 2 heterocycles. The van der Waals surface area contributed by atoms with E-state index >= 15 is 0 Å². The minimum Gasteiger partial charge on any atom is -0.348 e. The molecule has 0 radical (unpaired) electrons. The van der Waals surface area contributed by atoms with E-state index in [4.69, 9.17) is 0 Å². The van der Waals surface area contributed by atoms with E-state index in [1.807, 2.05) is 0 Å². The molecule has 1 saturated heterocycles. The number of carbonyl (C=O) groups excluding carboxylic acids is 1. The lowest BCUT2D eigenvalue weighted by atomic mass is 10.1. The number of rotatable bonds is 3. The van der Waals surface area contributed by atoms with Gasteiger partial charge in [-0.2, -0.15) is 0 Å². The van der Waals surface area contributed by atoms with E-state index in [2.05, 4.69) is 15.6 Å². The molecule has 2 aromatic rings. The largest absolute Gasteiger partial charge is 0.348 e. The summed E-state index contributed by atoms with van der Waals surface area (Å²) in [6.45, 7) is 1.85. The summed E-state index contributed by atoms with van der Waals surface area (Å²) in [5.74, 6) is -0.445. The van der Waals surface area contributed by atoms with Gasteiger partial charge in [-0.05, 0) is 38.1 Å². The molecule has 4 nitrogen and oxygen atoms in total. The van der Waals surface area contributed by atoms with Crippen molar-refractivity contribution in [2.45, 2.75) is 18.9 Å². The molecule has 0 atom stereocenters. The second-order valence-electron chi connectivity index (χ2n) is 5.01. The summed E-state index contributed by atoms with van der Waals surface area (Å²) in [5.41, 5.74) is 0.434. The average molecular weight is 305 g/mol. The first kappa shape index (κ1) is 14.2. The predicted molar refractivity (Wildman–Crippen MR) is 80.9 cm³/mol. The Balaban J connectivity index is 1.72. The second-order valence-corrected chi connectivity index (χ2v) is 6.04. The molecule has 1 aromatic carbocycles. The van der Waals surface area contributed by atoms with Crippen molar-refractivity contribution in [3.05, 3.63) is 41.2 Å². The minimum atomic E-state index is -0.322. The zero-order valence-electron chi connectivity index (χ0n) is 11.4. The molecular weight excluding hydrogens is 289 g/mol. The summed E-state index contributed by atoms with van der Waals surface area (Å²) in [4.78, 5) is 16.9. The van der Waals surface area contributed by atoms with E-state index in [9.17, 15) is 9.18 Å². The van der Waals surface area contributed by atoms with E-state index in [0.29, 0.717) is 15.4 Å². The summed E-state index contributed by atoms with van der Waals surface area (Å²) in [5, 5.41) is 6.80. The number of nitrogens with one attached hydrogen (secondary N) is 2. The molecule has 21 heavy (non-hydrogen) atoms. The van der Waals surface area contributed by atoms with Crippen LogP contribution in [0.4, 0.5) is 4.39 Å². The standard InChI is InChI=1S/C15H16FN3OS/c16-12-4-2-1-3-11(12)15-18-9-13(21-15)14(20)19-10-5-7-17-8-6-10/h1-4,9-10,17H,5-8H2,(H,19,20). The first-order valence-corrected chi connectivity index (χ1v) is 7.78. The molecule has 1 fully saturated rings. The lowest BCUT2D eigenvalue weighted by Gasteiger charge is -2.23. The summed E-state index contributed by atoms with van der Waals surface area (Å²) in [7, 11) is 0. The molecule has 1 aromatic heterocycles. The van der Waals surface area contributed by atoms with Crippen molar-refractivity contribution in [1.82, 2.24) is 15.6 Å². The van der Waals surface area contributed by atoms with Gasteiger partial charge in [0.2, 0.25) is 0 Å². The summed E-state index contributed by atoms with van der Waals surface area (Å²) in [6.07, 6.45) is 3.39. The minimum absolute atomic E-state index is 0.123. The van der Waals surface area contributed by atoms with Gasteiger partial charge in [0, 0.05) is 11.6 Å². The number of thiazole rings is 1. The molecule has 1 aliphatic heterocycles. The third kappa shape index (κ3) is 3.28. The molecule has 110 valence electrons. The quantitative estimate of drug-likeness (QED) is 0.916. The normalized spacial score (nSPS) is 15.9.